The van der Waals surface area contributed by atoms with Crippen LogP contribution in [-0.2, 0) is 14.2 Å². The lowest BCUT2D eigenvalue weighted by Gasteiger charge is -2.34. The van der Waals surface area contributed by atoms with Gasteiger partial charge in [0.15, 0.2) is 5.60 Å². The molecule has 0 aromatic heterocycles. The van der Waals surface area contributed by atoms with Crippen molar-refractivity contribution in [2.24, 2.45) is 0 Å². The smallest absolute Gasteiger partial charge is 0.450 e. The summed E-state index contributed by atoms with van der Waals surface area (Å²) in [7, 11) is 0. The Morgan fingerprint density at radius 1 is 1.62 bits per heavy atom. The molecular weight excluding hydrogens is 176 g/mol. The van der Waals surface area contributed by atoms with Crippen LogP contribution >= 0.6 is 0 Å². The molecule has 5 heteroatoms. The Hall–Kier alpha value is -1.07. The fraction of sp³-hybridized carbons (Fsp3) is 0.625. The molecule has 1 heterocycles. The topological polar surface area (TPSA) is 65.0 Å². The highest BCUT2D eigenvalue weighted by Gasteiger charge is 2.36. The van der Waals surface area contributed by atoms with Crippen LogP contribution in [0.25, 0.3) is 0 Å². The first kappa shape index (κ1) is 10.0. The van der Waals surface area contributed by atoms with Gasteiger partial charge in [0.2, 0.25) is 0 Å². The molecule has 1 saturated heterocycles. The second-order valence-electron chi connectivity index (χ2n) is 2.86. The molecule has 1 aliphatic rings. The molecule has 5 nitrogen and oxygen atoms in total. The van der Waals surface area contributed by atoms with Crippen molar-refractivity contribution in [2.75, 3.05) is 20.0 Å². The summed E-state index contributed by atoms with van der Waals surface area (Å²) in [5, 5.41) is 8.49. The zero-order valence-corrected chi connectivity index (χ0v) is 7.19. The fourth-order valence-corrected chi connectivity index (χ4v) is 1.22. The van der Waals surface area contributed by atoms with E-state index in [1.807, 2.05) is 0 Å². The first-order valence-electron chi connectivity index (χ1n) is 3.87. The van der Waals surface area contributed by atoms with Crippen LogP contribution in [0.5, 0.6) is 0 Å². The summed E-state index contributed by atoms with van der Waals surface area (Å²) >= 11 is 0. The molecule has 74 valence electrons. The van der Waals surface area contributed by atoms with Gasteiger partial charge in [-0.25, -0.2) is 4.79 Å². The molecule has 0 unspecified atom stereocenters. The predicted molar refractivity (Wildman–Crippen MR) is 43.4 cm³/mol. The third-order valence-electron chi connectivity index (χ3n) is 1.72. The number of hydrogen-bond acceptors (Lipinski definition) is 4. The Kier molecular flexibility index (Phi) is 3.27. The van der Waals surface area contributed by atoms with Crippen LogP contribution in [0.15, 0.2) is 12.7 Å². The second kappa shape index (κ2) is 4.25. The van der Waals surface area contributed by atoms with Gasteiger partial charge in [0.05, 0.1) is 13.2 Å². The van der Waals surface area contributed by atoms with E-state index in [9.17, 15) is 4.79 Å². The van der Waals surface area contributed by atoms with E-state index in [-0.39, 0.29) is 20.0 Å². The molecule has 13 heavy (non-hydrogen) atoms. The van der Waals surface area contributed by atoms with E-state index in [2.05, 4.69) is 6.58 Å². The van der Waals surface area contributed by atoms with E-state index in [0.29, 0.717) is 6.42 Å². The predicted octanol–water partition coefficient (Wildman–Crippen LogP) is 1.00. The summed E-state index contributed by atoms with van der Waals surface area (Å²) in [6, 6.07) is 0. The number of carbonyl (C=O) groups is 1. The highest BCUT2D eigenvalue weighted by atomic mass is 16.7. The van der Waals surface area contributed by atoms with Gasteiger partial charge in [0.25, 0.3) is 0 Å². The largest absolute Gasteiger partial charge is 0.506 e. The van der Waals surface area contributed by atoms with Crippen molar-refractivity contribution in [3.05, 3.63) is 12.7 Å². The van der Waals surface area contributed by atoms with Gasteiger partial charge in [-0.1, -0.05) is 6.08 Å². The number of ether oxygens (including phenoxy) is 3. The van der Waals surface area contributed by atoms with Crippen LogP contribution in [0, 0.1) is 0 Å². The van der Waals surface area contributed by atoms with Crippen molar-refractivity contribution in [1.82, 2.24) is 0 Å². The van der Waals surface area contributed by atoms with Crippen molar-refractivity contribution in [3.63, 3.8) is 0 Å². The molecule has 0 amide bonds. The fourth-order valence-electron chi connectivity index (χ4n) is 1.22. The molecule has 0 atom stereocenters. The first-order valence-corrected chi connectivity index (χ1v) is 3.87. The van der Waals surface area contributed by atoms with Crippen LogP contribution in [-0.4, -0.2) is 36.9 Å². The Morgan fingerprint density at radius 2 is 2.23 bits per heavy atom. The minimum Gasteiger partial charge on any atom is -0.450 e. The molecule has 1 fully saturated rings. The van der Waals surface area contributed by atoms with Crippen LogP contribution in [0.2, 0.25) is 0 Å². The molecular formula is C8H12O5. The van der Waals surface area contributed by atoms with Crippen molar-refractivity contribution in [2.45, 2.75) is 12.0 Å². The molecule has 1 aliphatic heterocycles. The standard InChI is InChI=1S/C8H12O5/c1-2-3-8(13-7(9)10)4-11-6-12-5-8/h2H,1,3-6H2,(H,9,10). The van der Waals surface area contributed by atoms with E-state index >= 15 is 0 Å². The molecule has 0 aromatic carbocycles. The van der Waals surface area contributed by atoms with Crippen LogP contribution in [0.3, 0.4) is 0 Å². The van der Waals surface area contributed by atoms with Gasteiger partial charge in [-0.2, -0.15) is 0 Å². The van der Waals surface area contributed by atoms with Crippen LogP contribution in [0.4, 0.5) is 4.79 Å². The lowest BCUT2D eigenvalue weighted by Crippen LogP contribution is -2.47. The molecule has 0 spiro atoms. The van der Waals surface area contributed by atoms with Crippen molar-refractivity contribution >= 4 is 6.16 Å². The first-order chi connectivity index (χ1) is 6.18. The number of rotatable bonds is 3. The normalized spacial score (nSPS) is 20.6. The van der Waals surface area contributed by atoms with E-state index < -0.39 is 11.8 Å². The molecule has 1 N–H and O–H groups in total. The average Bonchev–Trinajstić information content (AvgIpc) is 2.04. The number of hydrogen-bond donors (Lipinski definition) is 1. The maximum atomic E-state index is 10.4. The van der Waals surface area contributed by atoms with Crippen molar-refractivity contribution in [1.29, 1.82) is 0 Å². The van der Waals surface area contributed by atoms with E-state index in [4.69, 9.17) is 19.3 Å². The minimum absolute atomic E-state index is 0.182. The monoisotopic (exact) mass is 188 g/mol. The van der Waals surface area contributed by atoms with Crippen LogP contribution in [0.1, 0.15) is 6.42 Å². The minimum atomic E-state index is -1.32. The van der Waals surface area contributed by atoms with Gasteiger partial charge in [-0.3, -0.25) is 0 Å². The summed E-state index contributed by atoms with van der Waals surface area (Å²) in [4.78, 5) is 10.4. The second-order valence-corrected chi connectivity index (χ2v) is 2.86. The molecule has 0 bridgehead atoms. The quantitative estimate of drug-likeness (QED) is 0.528. The lowest BCUT2D eigenvalue weighted by molar-refractivity contribution is -0.202. The van der Waals surface area contributed by atoms with Gasteiger partial charge in [0, 0.05) is 6.42 Å². The average molecular weight is 188 g/mol. The van der Waals surface area contributed by atoms with E-state index in [1.54, 1.807) is 6.08 Å². The number of carboxylic acid groups (broad SMARTS) is 1. The zero-order chi connectivity index (χ0) is 9.73. The Labute approximate surface area is 75.9 Å². The van der Waals surface area contributed by atoms with Crippen LogP contribution < -0.4 is 0 Å². The van der Waals surface area contributed by atoms with Gasteiger partial charge in [-0.15, -0.1) is 6.58 Å². The molecule has 0 aliphatic carbocycles. The van der Waals surface area contributed by atoms with E-state index in [0.717, 1.165) is 0 Å². The zero-order valence-electron chi connectivity index (χ0n) is 7.19. The Morgan fingerprint density at radius 3 is 2.69 bits per heavy atom. The molecule has 0 radical (unpaired) electrons. The third kappa shape index (κ3) is 2.71. The van der Waals surface area contributed by atoms with E-state index in [1.165, 1.54) is 0 Å². The summed E-state index contributed by atoms with van der Waals surface area (Å²) < 4.78 is 14.7. The summed E-state index contributed by atoms with van der Waals surface area (Å²) in [5.74, 6) is 0. The summed E-state index contributed by atoms with van der Waals surface area (Å²) in [5.41, 5.74) is -0.911. The van der Waals surface area contributed by atoms with Gasteiger partial charge in [-0.05, 0) is 0 Å². The molecule has 0 saturated carbocycles. The maximum Gasteiger partial charge on any atom is 0.506 e. The summed E-state index contributed by atoms with van der Waals surface area (Å²) in [6.45, 7) is 4.13. The SMILES string of the molecule is C=CCC1(OC(=O)O)COCOC1. The lowest BCUT2D eigenvalue weighted by atomic mass is 10.0. The summed E-state index contributed by atoms with van der Waals surface area (Å²) in [6.07, 6.45) is 0.649. The highest BCUT2D eigenvalue weighted by molar-refractivity contribution is 5.57. The molecule has 0 aromatic rings. The maximum absolute atomic E-state index is 10.4. The van der Waals surface area contributed by atoms with Gasteiger partial charge in [0.1, 0.15) is 6.79 Å². The van der Waals surface area contributed by atoms with Gasteiger partial charge >= 0.3 is 6.16 Å². The highest BCUT2D eigenvalue weighted by Crippen LogP contribution is 2.21. The van der Waals surface area contributed by atoms with Gasteiger partial charge < -0.3 is 19.3 Å². The molecule has 1 rings (SSSR count). The Bertz CT molecular complexity index is 195. The Balaban J connectivity index is 2.60. The van der Waals surface area contributed by atoms with Crippen molar-refractivity contribution < 1.29 is 24.1 Å². The third-order valence-corrected chi connectivity index (χ3v) is 1.72. The van der Waals surface area contributed by atoms with Crippen molar-refractivity contribution in [3.8, 4) is 0 Å².